The van der Waals surface area contributed by atoms with Gasteiger partial charge in [0.15, 0.2) is 5.16 Å². The number of amides is 1. The Balaban J connectivity index is 1.50. The van der Waals surface area contributed by atoms with Gasteiger partial charge >= 0.3 is 0 Å². The highest BCUT2D eigenvalue weighted by atomic mass is 32.2. The molecule has 4 rings (SSSR count). The summed E-state index contributed by atoms with van der Waals surface area (Å²) in [7, 11) is -3.70. The summed E-state index contributed by atoms with van der Waals surface area (Å²) in [5.41, 5.74) is 1.25. The SMILES string of the molecule is Cc1ccc(NC(=O)[C@H](C)Sc2nc3ccccc3c(=O)[nH]2)cc1S(=O)(=O)N1CCOCC1. The summed E-state index contributed by atoms with van der Waals surface area (Å²) in [6, 6.07) is 11.8. The van der Waals surface area contributed by atoms with Crippen LogP contribution in [0.5, 0.6) is 0 Å². The molecule has 1 atom stereocenters. The van der Waals surface area contributed by atoms with E-state index in [1.54, 1.807) is 50.2 Å². The van der Waals surface area contributed by atoms with E-state index in [0.717, 1.165) is 11.8 Å². The molecule has 2 aromatic carbocycles. The van der Waals surface area contributed by atoms with Gasteiger partial charge in [-0.05, 0) is 43.7 Å². The summed E-state index contributed by atoms with van der Waals surface area (Å²) >= 11 is 1.12. The predicted octanol–water partition coefficient (Wildman–Crippen LogP) is 2.37. The number of nitrogens with zero attached hydrogens (tertiary/aromatic N) is 2. The molecule has 0 spiro atoms. The first-order valence-corrected chi connectivity index (χ1v) is 12.7. The maximum atomic E-state index is 13.1. The lowest BCUT2D eigenvalue weighted by atomic mass is 10.2. The third-order valence-electron chi connectivity index (χ3n) is 5.29. The van der Waals surface area contributed by atoms with E-state index >= 15 is 0 Å². The third kappa shape index (κ3) is 5.11. The van der Waals surface area contributed by atoms with E-state index in [0.29, 0.717) is 53.6 Å². The molecule has 1 amide bonds. The largest absolute Gasteiger partial charge is 0.379 e. The number of benzene rings is 2. The summed E-state index contributed by atoms with van der Waals surface area (Å²) in [6.07, 6.45) is 0. The first kappa shape index (κ1) is 23.4. The number of thioether (sulfide) groups is 1. The number of anilines is 1. The molecule has 2 N–H and O–H groups in total. The fourth-order valence-electron chi connectivity index (χ4n) is 3.47. The van der Waals surface area contributed by atoms with Crippen LogP contribution >= 0.6 is 11.8 Å². The van der Waals surface area contributed by atoms with Gasteiger partial charge in [-0.1, -0.05) is 30.0 Å². The smallest absolute Gasteiger partial charge is 0.259 e. The molecular weight excluding hydrogens is 464 g/mol. The lowest BCUT2D eigenvalue weighted by Gasteiger charge is -2.27. The molecule has 0 radical (unpaired) electrons. The van der Waals surface area contributed by atoms with Crippen molar-refractivity contribution >= 4 is 44.3 Å². The van der Waals surface area contributed by atoms with Crippen molar-refractivity contribution in [1.29, 1.82) is 0 Å². The molecule has 11 heteroatoms. The van der Waals surface area contributed by atoms with Crippen LogP contribution in [0.15, 0.2) is 57.3 Å². The number of para-hydroxylation sites is 1. The van der Waals surface area contributed by atoms with Gasteiger partial charge in [-0.2, -0.15) is 4.31 Å². The molecular formula is C22H24N4O5S2. The van der Waals surface area contributed by atoms with Gasteiger partial charge < -0.3 is 15.0 Å². The zero-order valence-corrected chi connectivity index (χ0v) is 19.8. The average molecular weight is 489 g/mol. The van der Waals surface area contributed by atoms with Crippen molar-refractivity contribution in [1.82, 2.24) is 14.3 Å². The van der Waals surface area contributed by atoms with E-state index in [1.807, 2.05) is 0 Å². The summed E-state index contributed by atoms with van der Waals surface area (Å²) in [6.45, 7) is 4.71. The number of rotatable bonds is 6. The maximum absolute atomic E-state index is 13.1. The molecule has 0 saturated carbocycles. The van der Waals surface area contributed by atoms with Crippen LogP contribution in [0.25, 0.3) is 10.9 Å². The lowest BCUT2D eigenvalue weighted by Crippen LogP contribution is -2.40. The number of carbonyl (C=O) groups is 1. The molecule has 1 aromatic heterocycles. The molecule has 0 aliphatic carbocycles. The van der Waals surface area contributed by atoms with Crippen LogP contribution in [0.4, 0.5) is 5.69 Å². The van der Waals surface area contributed by atoms with Crippen molar-refractivity contribution in [2.75, 3.05) is 31.6 Å². The van der Waals surface area contributed by atoms with Crippen LogP contribution in [0.1, 0.15) is 12.5 Å². The van der Waals surface area contributed by atoms with Crippen molar-refractivity contribution < 1.29 is 17.9 Å². The van der Waals surface area contributed by atoms with Gasteiger partial charge in [0.2, 0.25) is 15.9 Å². The summed E-state index contributed by atoms with van der Waals surface area (Å²) < 4.78 is 32.8. The average Bonchev–Trinajstić information content (AvgIpc) is 2.80. The Morgan fingerprint density at radius 2 is 1.94 bits per heavy atom. The van der Waals surface area contributed by atoms with E-state index in [1.165, 1.54) is 10.4 Å². The molecule has 33 heavy (non-hydrogen) atoms. The molecule has 2 heterocycles. The number of hydrogen-bond acceptors (Lipinski definition) is 7. The van der Waals surface area contributed by atoms with E-state index in [4.69, 9.17) is 4.74 Å². The lowest BCUT2D eigenvalue weighted by molar-refractivity contribution is -0.115. The highest BCUT2D eigenvalue weighted by molar-refractivity contribution is 8.00. The van der Waals surface area contributed by atoms with Crippen molar-refractivity contribution in [2.24, 2.45) is 0 Å². The number of carbonyl (C=O) groups excluding carboxylic acids is 1. The van der Waals surface area contributed by atoms with Crippen LogP contribution in [0.2, 0.25) is 0 Å². The number of nitrogens with one attached hydrogen (secondary N) is 2. The second-order valence-corrected chi connectivity index (χ2v) is 10.9. The first-order chi connectivity index (χ1) is 15.8. The van der Waals surface area contributed by atoms with Crippen LogP contribution < -0.4 is 10.9 Å². The molecule has 174 valence electrons. The molecule has 9 nitrogen and oxygen atoms in total. The number of H-pyrrole nitrogens is 1. The molecule has 1 aliphatic heterocycles. The van der Waals surface area contributed by atoms with Gasteiger partial charge in [0, 0.05) is 18.8 Å². The summed E-state index contributed by atoms with van der Waals surface area (Å²) in [4.78, 5) is 32.3. The minimum absolute atomic E-state index is 0.156. The number of aromatic amines is 1. The number of ether oxygens (including phenoxy) is 1. The van der Waals surface area contributed by atoms with E-state index in [2.05, 4.69) is 15.3 Å². The van der Waals surface area contributed by atoms with E-state index < -0.39 is 15.3 Å². The minimum atomic E-state index is -3.70. The Bertz CT molecular complexity index is 1350. The Kier molecular flexibility index (Phi) is 6.84. The van der Waals surface area contributed by atoms with Crippen molar-refractivity contribution in [3.05, 3.63) is 58.4 Å². The highest BCUT2D eigenvalue weighted by Crippen LogP contribution is 2.26. The molecule has 0 unspecified atom stereocenters. The Labute approximate surface area is 195 Å². The summed E-state index contributed by atoms with van der Waals surface area (Å²) in [5, 5.41) is 2.99. The zero-order valence-electron chi connectivity index (χ0n) is 18.2. The Morgan fingerprint density at radius 1 is 1.21 bits per heavy atom. The summed E-state index contributed by atoms with van der Waals surface area (Å²) in [5.74, 6) is -0.339. The highest BCUT2D eigenvalue weighted by Gasteiger charge is 2.28. The van der Waals surface area contributed by atoms with Crippen molar-refractivity contribution in [2.45, 2.75) is 29.1 Å². The van der Waals surface area contributed by atoms with Gasteiger partial charge in [-0.3, -0.25) is 9.59 Å². The van der Waals surface area contributed by atoms with Crippen LogP contribution in [-0.2, 0) is 19.6 Å². The molecule has 1 fully saturated rings. The third-order valence-corrected chi connectivity index (χ3v) is 8.32. The second-order valence-electron chi connectivity index (χ2n) is 7.63. The van der Waals surface area contributed by atoms with Crippen molar-refractivity contribution in [3.8, 4) is 0 Å². The van der Waals surface area contributed by atoms with E-state index in [-0.39, 0.29) is 16.4 Å². The van der Waals surface area contributed by atoms with E-state index in [9.17, 15) is 18.0 Å². The topological polar surface area (TPSA) is 121 Å². The first-order valence-electron chi connectivity index (χ1n) is 10.4. The number of aryl methyl sites for hydroxylation is 1. The second kappa shape index (κ2) is 9.64. The molecule has 1 aliphatic rings. The zero-order chi connectivity index (χ0) is 23.6. The normalized spacial score (nSPS) is 15.9. The number of morpholine rings is 1. The standard InChI is InChI=1S/C22H24N4O5S2/c1-14-7-8-16(13-19(14)33(29,30)26-9-11-31-12-10-26)23-20(27)15(2)32-22-24-18-6-4-3-5-17(18)21(28)25-22/h3-8,13,15H,9-12H2,1-2H3,(H,23,27)(H,24,25,28)/t15-/m0/s1. The van der Waals surface area contributed by atoms with Gasteiger partial charge in [0.25, 0.3) is 5.56 Å². The van der Waals surface area contributed by atoms with Crippen LogP contribution in [-0.4, -0.2) is 60.2 Å². The fourth-order valence-corrected chi connectivity index (χ4v) is 5.93. The van der Waals surface area contributed by atoms with Crippen LogP contribution in [0, 0.1) is 6.92 Å². The maximum Gasteiger partial charge on any atom is 0.259 e. The predicted molar refractivity (Wildman–Crippen MR) is 127 cm³/mol. The number of fused-ring (bicyclic) bond motifs is 1. The quantitative estimate of drug-likeness (QED) is 0.404. The van der Waals surface area contributed by atoms with Gasteiger partial charge in [0.1, 0.15) is 0 Å². The van der Waals surface area contributed by atoms with Crippen molar-refractivity contribution in [3.63, 3.8) is 0 Å². The molecule has 3 aromatic rings. The van der Waals surface area contributed by atoms with Crippen LogP contribution in [0.3, 0.4) is 0 Å². The fraction of sp³-hybridized carbons (Fsp3) is 0.318. The Hall–Kier alpha value is -2.73. The Morgan fingerprint density at radius 3 is 2.70 bits per heavy atom. The van der Waals surface area contributed by atoms with Gasteiger partial charge in [0.05, 0.1) is 34.3 Å². The van der Waals surface area contributed by atoms with Gasteiger partial charge in [-0.25, -0.2) is 13.4 Å². The number of hydrogen-bond donors (Lipinski definition) is 2. The molecule has 1 saturated heterocycles. The molecule has 0 bridgehead atoms. The van der Waals surface area contributed by atoms with Gasteiger partial charge in [-0.15, -0.1) is 0 Å². The monoisotopic (exact) mass is 488 g/mol. The minimum Gasteiger partial charge on any atom is -0.379 e. The number of sulfonamides is 1. The number of aromatic nitrogens is 2.